The third-order valence-electron chi connectivity index (χ3n) is 27.6. The van der Waals surface area contributed by atoms with E-state index in [1.165, 1.54) is 340 Å². The van der Waals surface area contributed by atoms with Crippen LogP contribution in [0.4, 0.5) is 17.1 Å². The first kappa shape index (κ1) is 82.9. The number of anilines is 3. The molecule has 2 aromatic heterocycles. The Bertz CT molecular complexity index is 5370. The van der Waals surface area contributed by atoms with Gasteiger partial charge in [-0.3, -0.25) is 0 Å². The molecule has 0 atom stereocenters. The highest BCUT2D eigenvalue weighted by atomic mass is 15.1. The van der Waals surface area contributed by atoms with Crippen LogP contribution in [0.25, 0.3) is 99.5 Å². The maximum Gasteiger partial charge on any atom is 0.0622 e. The molecule has 0 amide bonds. The Morgan fingerprint density at radius 3 is 1.15 bits per heavy atom. The summed E-state index contributed by atoms with van der Waals surface area (Å²) in [6.07, 6.45) is 47.9. The van der Waals surface area contributed by atoms with E-state index in [1.807, 2.05) is 0 Å². The molecular formula is C114H137N3. The Labute approximate surface area is 705 Å². The fourth-order valence-corrected chi connectivity index (χ4v) is 21.4. The van der Waals surface area contributed by atoms with Crippen LogP contribution in [0, 0.1) is 13.8 Å². The van der Waals surface area contributed by atoms with Crippen LogP contribution >= 0.6 is 0 Å². The largest absolute Gasteiger partial charge is 0.311 e. The molecule has 0 bridgehead atoms. The molecule has 0 unspecified atom stereocenters. The van der Waals surface area contributed by atoms with E-state index in [1.54, 1.807) is 22.3 Å². The highest BCUT2D eigenvalue weighted by Gasteiger charge is 2.46. The summed E-state index contributed by atoms with van der Waals surface area (Å²) in [5, 5.41) is 5.43. The lowest BCUT2D eigenvalue weighted by molar-refractivity contribution is 0.398. The van der Waals surface area contributed by atoms with Crippen LogP contribution in [0.15, 0.2) is 224 Å². The minimum absolute atomic E-state index is 0.0260. The highest BCUT2D eigenvalue weighted by Crippen LogP contribution is 2.61. The van der Waals surface area contributed by atoms with Gasteiger partial charge in [0.05, 0.1) is 22.1 Å². The van der Waals surface area contributed by atoms with Crippen molar-refractivity contribution in [2.75, 3.05) is 4.90 Å². The lowest BCUT2D eigenvalue weighted by atomic mass is 9.70. The van der Waals surface area contributed by atoms with Gasteiger partial charge in [-0.15, -0.1) is 0 Å². The second kappa shape index (κ2) is 39.6. The van der Waals surface area contributed by atoms with Crippen LogP contribution < -0.4 is 4.90 Å². The lowest BCUT2D eigenvalue weighted by Gasteiger charge is -2.33. The third kappa shape index (κ3) is 17.5. The van der Waals surface area contributed by atoms with Crippen molar-refractivity contribution in [1.82, 2.24) is 9.13 Å². The van der Waals surface area contributed by atoms with Gasteiger partial charge in [-0.05, 0) is 211 Å². The predicted octanol–water partition coefficient (Wildman–Crippen LogP) is 35.1. The van der Waals surface area contributed by atoms with Crippen molar-refractivity contribution in [2.45, 2.75) is 310 Å². The van der Waals surface area contributed by atoms with Gasteiger partial charge in [0.2, 0.25) is 0 Å². The summed E-state index contributed by atoms with van der Waals surface area (Å²) in [4.78, 5) is 2.43. The van der Waals surface area contributed by atoms with Crippen molar-refractivity contribution in [3.05, 3.63) is 269 Å². The standard InChI is InChI=1S/C114H137N3/c1-9-15-21-27-31-44-76-113(77-45-32-28-22-16-10-2)103-75-73-98-96-53-41-43-55-107(96)117(112(98)110(103)99-70-58-85(8)80-104(99)113)108-83-88(50-36-25-19-13-5)101(81-90(108)51-37-26-20-14-6)89-61-71-100-105(82-89)114(78-46-33-29-23-17-11-3,79-47-34-30-24-18-12-4)102-74-72-97-95-52-40-42-54-106(95)116(111(97)109(100)102)94-68-66-93(67-69-94)115(91-62-56-84(7)57-63-91)92-64-59-87(60-65-92)86-48-38-35-39-49-86/h35,38-43,48-49,52-75,80-83H,9-34,36-37,44-47,50-51,76-79H2,1-8H3. The Hall–Kier alpha value is -9.18. The first-order chi connectivity index (χ1) is 57.7. The van der Waals surface area contributed by atoms with Crippen LogP contribution in [-0.2, 0) is 23.7 Å². The molecule has 0 spiro atoms. The number of para-hydroxylation sites is 2. The predicted molar refractivity (Wildman–Crippen MR) is 510 cm³/mol. The maximum absolute atomic E-state index is 2.86. The summed E-state index contributed by atoms with van der Waals surface area (Å²) in [6.45, 7) is 18.8. The number of rotatable bonds is 45. The second-order valence-corrected chi connectivity index (χ2v) is 35.9. The van der Waals surface area contributed by atoms with Crippen molar-refractivity contribution >= 4 is 60.7 Å². The van der Waals surface area contributed by atoms with E-state index in [2.05, 4.69) is 294 Å². The normalized spacial score (nSPS) is 13.2. The molecule has 608 valence electrons. The zero-order valence-electron chi connectivity index (χ0n) is 73.1. The van der Waals surface area contributed by atoms with Crippen LogP contribution in [0.3, 0.4) is 0 Å². The summed E-state index contributed by atoms with van der Waals surface area (Å²) in [5.41, 5.74) is 34.4. The zero-order chi connectivity index (χ0) is 80.5. The molecule has 0 radical (unpaired) electrons. The minimum atomic E-state index is -0.165. The lowest BCUT2D eigenvalue weighted by Crippen LogP contribution is -2.25. The Morgan fingerprint density at radius 1 is 0.265 bits per heavy atom. The first-order valence-electron chi connectivity index (χ1n) is 47.4. The van der Waals surface area contributed by atoms with E-state index in [9.17, 15) is 0 Å². The molecule has 3 heteroatoms. The molecule has 3 nitrogen and oxygen atoms in total. The number of hydrogen-bond acceptors (Lipinski definition) is 1. The molecule has 2 aliphatic rings. The van der Waals surface area contributed by atoms with Gasteiger partial charge in [-0.25, -0.2) is 0 Å². The van der Waals surface area contributed by atoms with Gasteiger partial charge in [0.1, 0.15) is 0 Å². The number of benzene rings is 11. The molecule has 117 heavy (non-hydrogen) atoms. The van der Waals surface area contributed by atoms with Crippen molar-refractivity contribution < 1.29 is 0 Å². The maximum atomic E-state index is 2.86. The fourth-order valence-electron chi connectivity index (χ4n) is 21.4. The van der Waals surface area contributed by atoms with E-state index in [-0.39, 0.29) is 10.8 Å². The molecule has 15 rings (SSSR count). The summed E-state index contributed by atoms with van der Waals surface area (Å²) >= 11 is 0. The average molecular weight is 1550 g/mol. The fraction of sp³-hybridized carbons (Fsp3) is 0.421. The number of aryl methyl sites for hydroxylation is 4. The summed E-state index contributed by atoms with van der Waals surface area (Å²) < 4.78 is 5.54. The van der Waals surface area contributed by atoms with E-state index < -0.39 is 0 Å². The van der Waals surface area contributed by atoms with Gasteiger partial charge in [0.15, 0.2) is 0 Å². The summed E-state index contributed by atoms with van der Waals surface area (Å²) in [5.74, 6) is 0. The molecular weight excluding hydrogens is 1410 g/mol. The van der Waals surface area contributed by atoms with E-state index in [0.29, 0.717) is 0 Å². The first-order valence-corrected chi connectivity index (χ1v) is 47.4. The van der Waals surface area contributed by atoms with Gasteiger partial charge < -0.3 is 14.0 Å². The van der Waals surface area contributed by atoms with E-state index >= 15 is 0 Å². The molecule has 2 aliphatic carbocycles. The van der Waals surface area contributed by atoms with Gasteiger partial charge in [-0.1, -0.05) is 391 Å². The summed E-state index contributed by atoms with van der Waals surface area (Å²) in [7, 11) is 0. The third-order valence-corrected chi connectivity index (χ3v) is 27.6. The monoisotopic (exact) mass is 1550 g/mol. The topological polar surface area (TPSA) is 13.1 Å². The van der Waals surface area contributed by atoms with E-state index in [4.69, 9.17) is 0 Å². The molecule has 13 aromatic rings. The average Bonchev–Trinajstić information content (AvgIpc) is 1.53. The molecule has 11 aromatic carbocycles. The van der Waals surface area contributed by atoms with E-state index in [0.717, 1.165) is 42.7 Å². The number of hydrogen-bond donors (Lipinski definition) is 0. The van der Waals surface area contributed by atoms with Crippen molar-refractivity contribution in [3.63, 3.8) is 0 Å². The SMILES string of the molecule is CCCCCCCCC1(CCCCCCCC)c2cc(-c3cc(CCCCCC)c(-n4c5ccccc5c5ccc6c(c54)-c4ccc(C)cc4C6(CCCCCCCC)CCCCCCCC)cc3CCCCCC)ccc2-c2c1ccc1c3ccccc3n(-c3ccc(N(c4ccc(C)cc4)c4ccc(-c5ccccc5)cc4)cc3)c21. The summed E-state index contributed by atoms with van der Waals surface area (Å²) in [6, 6.07) is 89.3. The van der Waals surface area contributed by atoms with Crippen molar-refractivity contribution in [1.29, 1.82) is 0 Å². The quantitative estimate of drug-likeness (QED) is 0.0347. The number of fused-ring (bicyclic) bond motifs is 14. The van der Waals surface area contributed by atoms with Gasteiger partial charge in [0, 0.05) is 71.9 Å². The Kier molecular flexibility index (Phi) is 28.1. The molecule has 0 saturated heterocycles. The van der Waals surface area contributed by atoms with Gasteiger partial charge in [0.25, 0.3) is 0 Å². The van der Waals surface area contributed by atoms with Gasteiger partial charge in [-0.2, -0.15) is 0 Å². The number of nitrogens with zero attached hydrogens (tertiary/aromatic N) is 3. The number of unbranched alkanes of at least 4 members (excludes halogenated alkanes) is 26. The Balaban J connectivity index is 0.927. The highest BCUT2D eigenvalue weighted by molar-refractivity contribution is 6.17. The molecule has 2 heterocycles. The van der Waals surface area contributed by atoms with Crippen LogP contribution in [0.1, 0.15) is 317 Å². The van der Waals surface area contributed by atoms with Crippen LogP contribution in [0.5, 0.6) is 0 Å². The molecule has 0 aliphatic heterocycles. The molecule has 0 N–H and O–H groups in total. The van der Waals surface area contributed by atoms with Gasteiger partial charge >= 0.3 is 0 Å². The van der Waals surface area contributed by atoms with Crippen molar-refractivity contribution in [3.8, 4) is 55.9 Å². The van der Waals surface area contributed by atoms with Crippen LogP contribution in [0.2, 0.25) is 0 Å². The smallest absolute Gasteiger partial charge is 0.0622 e. The van der Waals surface area contributed by atoms with Crippen molar-refractivity contribution in [2.24, 2.45) is 0 Å². The number of aromatic nitrogens is 2. The Morgan fingerprint density at radius 2 is 0.650 bits per heavy atom. The van der Waals surface area contributed by atoms with Crippen LogP contribution in [-0.4, -0.2) is 9.13 Å². The molecule has 0 fully saturated rings. The molecule has 0 saturated carbocycles. The minimum Gasteiger partial charge on any atom is -0.311 e. The zero-order valence-corrected chi connectivity index (χ0v) is 73.1. The second-order valence-electron chi connectivity index (χ2n) is 35.9.